The Morgan fingerprint density at radius 2 is 2.35 bits per heavy atom. The summed E-state index contributed by atoms with van der Waals surface area (Å²) in [5, 5.41) is 7.02. The Bertz CT molecular complexity index is 677. The first-order chi connectivity index (χ1) is 11.1. The van der Waals surface area contributed by atoms with Crippen molar-refractivity contribution < 1.29 is 9.21 Å². The van der Waals surface area contributed by atoms with Gasteiger partial charge in [0.15, 0.2) is 10.9 Å². The summed E-state index contributed by atoms with van der Waals surface area (Å²) in [4.78, 5) is 19.5. The van der Waals surface area contributed by atoms with Crippen molar-refractivity contribution in [2.24, 2.45) is 4.99 Å². The van der Waals surface area contributed by atoms with E-state index in [4.69, 9.17) is 10.2 Å². The highest BCUT2D eigenvalue weighted by Gasteiger charge is 2.15. The third-order valence-electron chi connectivity index (χ3n) is 2.98. The summed E-state index contributed by atoms with van der Waals surface area (Å²) in [6, 6.07) is 3.62. The molecule has 0 fully saturated rings. The van der Waals surface area contributed by atoms with E-state index in [1.165, 1.54) is 18.3 Å². The van der Waals surface area contributed by atoms with Crippen LogP contribution in [-0.2, 0) is 11.3 Å². The summed E-state index contributed by atoms with van der Waals surface area (Å²) in [5.74, 6) is 1.15. The molecule has 0 spiro atoms. The minimum absolute atomic E-state index is 0.105. The molecule has 2 heterocycles. The lowest BCUT2D eigenvalue weighted by atomic mass is 10.3. The van der Waals surface area contributed by atoms with Gasteiger partial charge in [0, 0.05) is 13.5 Å². The van der Waals surface area contributed by atoms with Crippen LogP contribution in [0.15, 0.2) is 21.5 Å². The molecule has 0 aliphatic heterocycles. The van der Waals surface area contributed by atoms with Crippen LogP contribution in [0.5, 0.6) is 0 Å². The molecule has 7 nitrogen and oxygen atoms in total. The highest BCUT2D eigenvalue weighted by Crippen LogP contribution is 2.35. The number of hydrogen-bond donors (Lipinski definition) is 3. The molecule has 0 radical (unpaired) electrons. The Balaban J connectivity index is 2.07. The number of hydrogen-bond acceptors (Lipinski definition) is 6. The summed E-state index contributed by atoms with van der Waals surface area (Å²) in [6.45, 7) is 4.72. The lowest BCUT2D eigenvalue weighted by molar-refractivity contribution is -0.119. The summed E-state index contributed by atoms with van der Waals surface area (Å²) >= 11 is 1.34. The van der Waals surface area contributed by atoms with Gasteiger partial charge in [-0.05, 0) is 18.6 Å². The van der Waals surface area contributed by atoms with Gasteiger partial charge in [0.05, 0.1) is 12.9 Å². The van der Waals surface area contributed by atoms with E-state index in [9.17, 15) is 4.79 Å². The van der Waals surface area contributed by atoms with Crippen LogP contribution >= 0.6 is 11.3 Å². The first-order valence-corrected chi connectivity index (χ1v) is 8.26. The number of aromatic nitrogens is 1. The molecule has 0 bridgehead atoms. The fourth-order valence-electron chi connectivity index (χ4n) is 1.83. The Labute approximate surface area is 139 Å². The van der Waals surface area contributed by atoms with Crippen LogP contribution in [-0.4, -0.2) is 23.8 Å². The van der Waals surface area contributed by atoms with Crippen LogP contribution < -0.4 is 16.4 Å². The number of nitrogen functional groups attached to an aromatic ring is 1. The Kier molecular flexibility index (Phi) is 6.16. The molecule has 0 aliphatic carbocycles. The zero-order valence-corrected chi connectivity index (χ0v) is 14.1. The summed E-state index contributed by atoms with van der Waals surface area (Å²) in [7, 11) is 0. The number of aliphatic imine (C=N–C) groups is 1. The minimum atomic E-state index is -0.105. The molecule has 124 valence electrons. The van der Waals surface area contributed by atoms with Gasteiger partial charge >= 0.3 is 0 Å². The molecule has 23 heavy (non-hydrogen) atoms. The first-order valence-electron chi connectivity index (χ1n) is 7.44. The van der Waals surface area contributed by atoms with Crippen molar-refractivity contribution in [1.29, 1.82) is 0 Å². The van der Waals surface area contributed by atoms with E-state index in [0.29, 0.717) is 28.9 Å². The average molecular weight is 335 g/mol. The number of furan rings is 1. The number of nitrogens with two attached hydrogens (primary N) is 1. The average Bonchev–Trinajstić information content (AvgIpc) is 3.11. The van der Waals surface area contributed by atoms with Gasteiger partial charge in [-0.2, -0.15) is 0 Å². The van der Waals surface area contributed by atoms with Crippen LogP contribution in [0.2, 0.25) is 0 Å². The molecule has 0 unspecified atom stereocenters. The summed E-state index contributed by atoms with van der Waals surface area (Å²) < 4.78 is 5.71. The van der Waals surface area contributed by atoms with E-state index in [1.54, 1.807) is 12.4 Å². The standard InChI is InChI=1S/C15H21N5O2S/c1-3-4-7-17-9-19-14-13(20-15(16)23-14)12-6-5-11(22-12)8-18-10(2)21/h5-6,9H,3-4,7-8H2,1-2H3,(H2,16,20)(H,17,19)(H,18,21). The van der Waals surface area contributed by atoms with Crippen molar-refractivity contribution in [3.05, 3.63) is 17.9 Å². The van der Waals surface area contributed by atoms with Crippen molar-refractivity contribution in [2.75, 3.05) is 17.6 Å². The van der Waals surface area contributed by atoms with Crippen molar-refractivity contribution in [3.8, 4) is 11.5 Å². The number of carbonyl (C=O) groups excluding carboxylic acids is 1. The molecular weight excluding hydrogens is 314 g/mol. The molecule has 0 saturated carbocycles. The van der Waals surface area contributed by atoms with E-state index in [-0.39, 0.29) is 5.91 Å². The molecule has 2 aromatic heterocycles. The van der Waals surface area contributed by atoms with Crippen LogP contribution in [0.4, 0.5) is 10.1 Å². The molecular formula is C15H21N5O2S. The predicted molar refractivity (Wildman–Crippen MR) is 93.6 cm³/mol. The smallest absolute Gasteiger partial charge is 0.217 e. The van der Waals surface area contributed by atoms with Crippen LogP contribution in [0.3, 0.4) is 0 Å². The number of unbranched alkanes of at least 4 members (excludes halogenated alkanes) is 1. The number of rotatable bonds is 8. The van der Waals surface area contributed by atoms with E-state index in [2.05, 4.69) is 27.5 Å². The molecule has 0 saturated heterocycles. The van der Waals surface area contributed by atoms with Gasteiger partial charge in [-0.25, -0.2) is 4.98 Å². The van der Waals surface area contributed by atoms with Gasteiger partial charge in [-0.15, -0.1) is 0 Å². The SMILES string of the molecule is CCCCN=CNc1sc(N)nc1-c1ccc(CNC(C)=O)o1. The number of nitrogens with one attached hydrogen (secondary N) is 2. The second-order valence-electron chi connectivity index (χ2n) is 4.94. The number of thiazole rings is 1. The molecule has 0 aromatic carbocycles. The zero-order valence-electron chi connectivity index (χ0n) is 13.3. The van der Waals surface area contributed by atoms with Crippen molar-refractivity contribution in [1.82, 2.24) is 10.3 Å². The Hall–Kier alpha value is -2.35. The second-order valence-corrected chi connectivity index (χ2v) is 5.97. The maximum atomic E-state index is 10.9. The predicted octanol–water partition coefficient (Wildman–Crippen LogP) is 2.86. The molecule has 4 N–H and O–H groups in total. The van der Waals surface area contributed by atoms with Crippen molar-refractivity contribution in [2.45, 2.75) is 33.2 Å². The van der Waals surface area contributed by atoms with Gasteiger partial charge in [0.1, 0.15) is 16.5 Å². The molecule has 0 aliphatic rings. The zero-order chi connectivity index (χ0) is 16.7. The van der Waals surface area contributed by atoms with Crippen LogP contribution in [0.25, 0.3) is 11.5 Å². The largest absolute Gasteiger partial charge is 0.457 e. The Morgan fingerprint density at radius 1 is 1.52 bits per heavy atom. The Morgan fingerprint density at radius 3 is 3.09 bits per heavy atom. The van der Waals surface area contributed by atoms with Gasteiger partial charge in [-0.3, -0.25) is 9.79 Å². The number of anilines is 2. The maximum absolute atomic E-state index is 10.9. The van der Waals surface area contributed by atoms with Gasteiger partial charge in [0.25, 0.3) is 0 Å². The highest BCUT2D eigenvalue weighted by molar-refractivity contribution is 7.20. The highest BCUT2D eigenvalue weighted by atomic mass is 32.1. The fourth-order valence-corrected chi connectivity index (χ4v) is 2.53. The van der Waals surface area contributed by atoms with E-state index in [0.717, 1.165) is 24.4 Å². The molecule has 2 aromatic rings. The van der Waals surface area contributed by atoms with Gasteiger partial charge in [0.2, 0.25) is 5.91 Å². The molecule has 2 rings (SSSR count). The maximum Gasteiger partial charge on any atom is 0.217 e. The monoisotopic (exact) mass is 335 g/mol. The van der Waals surface area contributed by atoms with Crippen LogP contribution in [0.1, 0.15) is 32.4 Å². The molecule has 8 heteroatoms. The molecule has 0 atom stereocenters. The van der Waals surface area contributed by atoms with E-state index in [1.807, 2.05) is 6.07 Å². The lowest BCUT2D eigenvalue weighted by Gasteiger charge is -2.00. The minimum Gasteiger partial charge on any atom is -0.457 e. The quantitative estimate of drug-likeness (QED) is 0.391. The third kappa shape index (κ3) is 5.10. The van der Waals surface area contributed by atoms with Gasteiger partial charge in [-0.1, -0.05) is 24.7 Å². The third-order valence-corrected chi connectivity index (χ3v) is 3.79. The van der Waals surface area contributed by atoms with E-state index < -0.39 is 0 Å². The normalized spacial score (nSPS) is 11.0. The van der Waals surface area contributed by atoms with Gasteiger partial charge < -0.3 is 20.8 Å². The fraction of sp³-hybridized carbons (Fsp3) is 0.400. The molecule has 1 amide bonds. The number of carbonyl (C=O) groups is 1. The summed E-state index contributed by atoms with van der Waals surface area (Å²) in [5.41, 5.74) is 6.44. The second kappa shape index (κ2) is 8.33. The lowest BCUT2D eigenvalue weighted by Crippen LogP contribution is -2.18. The topological polar surface area (TPSA) is 106 Å². The van der Waals surface area contributed by atoms with Crippen molar-refractivity contribution in [3.63, 3.8) is 0 Å². The van der Waals surface area contributed by atoms with Crippen molar-refractivity contribution >= 4 is 33.7 Å². The van der Waals surface area contributed by atoms with Crippen LogP contribution in [0, 0.1) is 0 Å². The first kappa shape index (κ1) is 17.0. The summed E-state index contributed by atoms with van der Waals surface area (Å²) in [6.07, 6.45) is 3.83. The number of nitrogens with zero attached hydrogens (tertiary/aromatic N) is 2. The van der Waals surface area contributed by atoms with E-state index >= 15 is 0 Å². The number of amides is 1.